The van der Waals surface area contributed by atoms with Crippen molar-refractivity contribution in [1.82, 2.24) is 9.55 Å². The van der Waals surface area contributed by atoms with Gasteiger partial charge in [-0.05, 0) is 36.1 Å². The molecular weight excluding hydrogens is 345 g/mol. The van der Waals surface area contributed by atoms with Gasteiger partial charge < -0.3 is 10.3 Å². The number of carbonyl (C=O) groups excluding carboxylic acids is 1. The lowest BCUT2D eigenvalue weighted by molar-refractivity contribution is 0.102. The number of thiophene rings is 1. The van der Waals surface area contributed by atoms with Gasteiger partial charge in [-0.1, -0.05) is 12.1 Å². The number of aromatic amines is 1. The smallest absolute Gasteiger partial charge is 0.322 e. The van der Waals surface area contributed by atoms with E-state index in [-0.39, 0.29) is 17.8 Å². The van der Waals surface area contributed by atoms with Crippen LogP contribution in [-0.2, 0) is 6.54 Å². The third kappa shape index (κ3) is 3.58. The minimum atomic E-state index is -0.718. The number of hydrogen-bond donors (Lipinski definition) is 2. The first-order valence-corrected chi connectivity index (χ1v) is 8.26. The van der Waals surface area contributed by atoms with Crippen LogP contribution in [0.5, 0.6) is 0 Å². The van der Waals surface area contributed by atoms with Crippen molar-refractivity contribution in [3.8, 4) is 0 Å². The molecule has 2 N–H and O–H groups in total. The van der Waals surface area contributed by atoms with Gasteiger partial charge in [0.15, 0.2) is 0 Å². The average Bonchev–Trinajstić information content (AvgIpc) is 3.08. The zero-order valence-corrected chi connectivity index (χ0v) is 14.0. The van der Waals surface area contributed by atoms with Crippen LogP contribution in [0.25, 0.3) is 0 Å². The number of aryl methyl sites for hydroxylation is 1. The van der Waals surface area contributed by atoms with Crippen LogP contribution in [0.3, 0.4) is 0 Å². The molecule has 25 heavy (non-hydrogen) atoms. The number of benzene rings is 1. The van der Waals surface area contributed by atoms with Crippen LogP contribution in [0.2, 0.25) is 0 Å². The Morgan fingerprint density at radius 2 is 2.12 bits per heavy atom. The van der Waals surface area contributed by atoms with Gasteiger partial charge in [-0.3, -0.25) is 14.2 Å². The fraction of sp³-hybridized carbons (Fsp3) is 0.118. The first kappa shape index (κ1) is 16.8. The van der Waals surface area contributed by atoms with Gasteiger partial charge in [0, 0.05) is 16.8 Å². The minimum absolute atomic E-state index is 0.0755. The van der Waals surface area contributed by atoms with Crippen LogP contribution in [0.4, 0.5) is 10.1 Å². The van der Waals surface area contributed by atoms with Gasteiger partial charge in [-0.25, -0.2) is 9.18 Å². The molecule has 8 heteroatoms. The number of H-pyrrole nitrogens is 1. The van der Waals surface area contributed by atoms with Crippen molar-refractivity contribution in [2.24, 2.45) is 0 Å². The lowest BCUT2D eigenvalue weighted by Gasteiger charge is -2.08. The Labute approximate surface area is 145 Å². The van der Waals surface area contributed by atoms with E-state index in [1.807, 2.05) is 11.4 Å². The fourth-order valence-corrected chi connectivity index (χ4v) is 2.94. The lowest BCUT2D eigenvalue weighted by atomic mass is 10.2. The second-order valence-corrected chi connectivity index (χ2v) is 6.43. The molecule has 0 spiro atoms. The second-order valence-electron chi connectivity index (χ2n) is 5.40. The summed E-state index contributed by atoms with van der Waals surface area (Å²) in [7, 11) is 0. The number of amides is 1. The van der Waals surface area contributed by atoms with E-state index in [4.69, 9.17) is 0 Å². The number of carbonyl (C=O) groups is 1. The molecule has 0 unspecified atom stereocenters. The first-order chi connectivity index (χ1) is 12.0. The van der Waals surface area contributed by atoms with Gasteiger partial charge in [0.25, 0.3) is 11.5 Å². The number of halogens is 1. The van der Waals surface area contributed by atoms with E-state index in [2.05, 4.69) is 10.3 Å². The molecular formula is C17H14FN3O3S. The van der Waals surface area contributed by atoms with Crippen LogP contribution < -0.4 is 16.6 Å². The largest absolute Gasteiger partial charge is 0.328 e. The Bertz CT molecular complexity index is 1040. The molecule has 0 saturated carbocycles. The third-order valence-corrected chi connectivity index (χ3v) is 4.49. The molecule has 6 nitrogen and oxygen atoms in total. The molecule has 2 aromatic heterocycles. The first-order valence-electron chi connectivity index (χ1n) is 7.38. The molecule has 3 rings (SSSR count). The quantitative estimate of drug-likeness (QED) is 0.750. The van der Waals surface area contributed by atoms with E-state index in [9.17, 15) is 18.8 Å². The summed E-state index contributed by atoms with van der Waals surface area (Å²) in [5, 5.41) is 4.29. The minimum Gasteiger partial charge on any atom is -0.322 e. The van der Waals surface area contributed by atoms with E-state index in [0.717, 1.165) is 15.6 Å². The zero-order valence-electron chi connectivity index (χ0n) is 13.2. The van der Waals surface area contributed by atoms with Gasteiger partial charge in [0.05, 0.1) is 6.54 Å². The summed E-state index contributed by atoms with van der Waals surface area (Å²) in [4.78, 5) is 39.9. The highest BCUT2D eigenvalue weighted by atomic mass is 32.1. The summed E-state index contributed by atoms with van der Waals surface area (Å²) in [5.74, 6) is -1.18. The molecule has 1 aromatic carbocycles. The molecule has 0 saturated heterocycles. The molecule has 2 heterocycles. The van der Waals surface area contributed by atoms with Gasteiger partial charge >= 0.3 is 5.69 Å². The number of nitrogens with zero attached hydrogens (tertiary/aromatic N) is 1. The van der Waals surface area contributed by atoms with Crippen molar-refractivity contribution >= 4 is 22.9 Å². The van der Waals surface area contributed by atoms with E-state index in [1.165, 1.54) is 29.5 Å². The number of nitrogens with one attached hydrogen (secondary N) is 2. The zero-order chi connectivity index (χ0) is 18.0. The summed E-state index contributed by atoms with van der Waals surface area (Å²) in [6.45, 7) is 1.68. The van der Waals surface area contributed by atoms with Crippen molar-refractivity contribution in [1.29, 1.82) is 0 Å². The number of rotatable bonds is 4. The lowest BCUT2D eigenvalue weighted by Crippen LogP contribution is -2.39. The molecule has 3 aromatic rings. The van der Waals surface area contributed by atoms with Gasteiger partial charge in [-0.2, -0.15) is 0 Å². The van der Waals surface area contributed by atoms with Crippen LogP contribution in [0.1, 0.15) is 20.8 Å². The van der Waals surface area contributed by atoms with Gasteiger partial charge in [0.1, 0.15) is 11.4 Å². The highest BCUT2D eigenvalue weighted by Crippen LogP contribution is 2.14. The maximum absolute atomic E-state index is 13.6. The number of anilines is 1. The molecule has 0 fully saturated rings. The maximum Gasteiger partial charge on any atom is 0.328 e. The Balaban J connectivity index is 1.91. The summed E-state index contributed by atoms with van der Waals surface area (Å²) < 4.78 is 14.5. The van der Waals surface area contributed by atoms with Crippen LogP contribution >= 0.6 is 11.3 Å². The number of hydrogen-bond acceptors (Lipinski definition) is 4. The summed E-state index contributed by atoms with van der Waals surface area (Å²) in [6.07, 6.45) is 1.06. The average molecular weight is 359 g/mol. The molecule has 0 aliphatic rings. The third-order valence-electron chi connectivity index (χ3n) is 3.63. The van der Waals surface area contributed by atoms with Gasteiger partial charge in [-0.15, -0.1) is 11.3 Å². The van der Waals surface area contributed by atoms with E-state index in [0.29, 0.717) is 5.56 Å². The molecule has 0 atom stereocenters. The molecule has 0 aliphatic carbocycles. The van der Waals surface area contributed by atoms with E-state index < -0.39 is 23.0 Å². The van der Waals surface area contributed by atoms with Crippen molar-refractivity contribution in [3.05, 3.63) is 84.6 Å². The van der Waals surface area contributed by atoms with Crippen molar-refractivity contribution in [2.45, 2.75) is 13.5 Å². The van der Waals surface area contributed by atoms with E-state index in [1.54, 1.807) is 13.0 Å². The SMILES string of the molecule is Cc1ccc(NC(=O)c2c[nH]c(=O)n(Cc3cccs3)c2=O)cc1F. The van der Waals surface area contributed by atoms with Crippen molar-refractivity contribution < 1.29 is 9.18 Å². The predicted octanol–water partition coefficient (Wildman–Crippen LogP) is 2.35. The fourth-order valence-electron chi connectivity index (χ4n) is 2.24. The molecule has 1 amide bonds. The molecule has 128 valence electrons. The van der Waals surface area contributed by atoms with Crippen molar-refractivity contribution in [3.63, 3.8) is 0 Å². The topological polar surface area (TPSA) is 84.0 Å². The highest BCUT2D eigenvalue weighted by molar-refractivity contribution is 7.09. The van der Waals surface area contributed by atoms with E-state index >= 15 is 0 Å². The molecule has 0 bridgehead atoms. The van der Waals surface area contributed by atoms with Crippen LogP contribution in [-0.4, -0.2) is 15.5 Å². The highest BCUT2D eigenvalue weighted by Gasteiger charge is 2.16. The number of aromatic nitrogens is 2. The standard InChI is InChI=1S/C17H14FN3O3S/c1-10-4-5-11(7-14(10)18)20-15(22)13-8-19-17(24)21(16(13)23)9-12-3-2-6-25-12/h2-8H,9H2,1H3,(H,19,24)(H,20,22). The molecule has 0 aliphatic heterocycles. The van der Waals surface area contributed by atoms with Crippen molar-refractivity contribution in [2.75, 3.05) is 5.32 Å². The predicted molar refractivity (Wildman–Crippen MR) is 93.8 cm³/mol. The van der Waals surface area contributed by atoms with Gasteiger partial charge in [0.2, 0.25) is 0 Å². The van der Waals surface area contributed by atoms with Crippen LogP contribution in [0, 0.1) is 12.7 Å². The summed E-state index contributed by atoms with van der Waals surface area (Å²) in [5.41, 5.74) is -0.862. The Kier molecular flexibility index (Phi) is 4.62. The maximum atomic E-state index is 13.6. The normalized spacial score (nSPS) is 10.6. The Morgan fingerprint density at radius 3 is 2.80 bits per heavy atom. The second kappa shape index (κ2) is 6.86. The summed E-state index contributed by atoms with van der Waals surface area (Å²) >= 11 is 1.40. The Morgan fingerprint density at radius 1 is 1.32 bits per heavy atom. The monoisotopic (exact) mass is 359 g/mol. The van der Waals surface area contributed by atoms with Crippen LogP contribution in [0.15, 0.2) is 51.5 Å². The summed E-state index contributed by atoms with van der Waals surface area (Å²) in [6, 6.07) is 7.82. The Hall–Kier alpha value is -3.00. The molecule has 0 radical (unpaired) electrons.